The summed E-state index contributed by atoms with van der Waals surface area (Å²) in [7, 11) is 2.26. The molecule has 0 radical (unpaired) electrons. The summed E-state index contributed by atoms with van der Waals surface area (Å²) in [5.74, 6) is 1.01. The Labute approximate surface area is 190 Å². The molecule has 5 heteroatoms. The third-order valence-corrected chi connectivity index (χ3v) is 7.43. The van der Waals surface area contributed by atoms with E-state index in [1.807, 2.05) is 12.1 Å². The Hall–Kier alpha value is -2.17. The van der Waals surface area contributed by atoms with Gasteiger partial charge in [0.2, 0.25) is 0 Å². The molecular formula is C26H31ClN4. The Morgan fingerprint density at radius 3 is 2.74 bits per heavy atom. The van der Waals surface area contributed by atoms with E-state index in [0.29, 0.717) is 6.04 Å². The van der Waals surface area contributed by atoms with Gasteiger partial charge in [0.1, 0.15) is 5.82 Å². The molecule has 5 rings (SSSR count). The van der Waals surface area contributed by atoms with Crippen molar-refractivity contribution in [3.63, 3.8) is 0 Å². The van der Waals surface area contributed by atoms with Crippen LogP contribution in [-0.4, -0.2) is 41.0 Å². The molecule has 0 amide bonds. The highest BCUT2D eigenvalue weighted by molar-refractivity contribution is 6.36. The number of nitrogens with zero attached hydrogens (tertiary/aromatic N) is 4. The summed E-state index contributed by atoms with van der Waals surface area (Å²) < 4.78 is 0. The van der Waals surface area contributed by atoms with Gasteiger partial charge in [0, 0.05) is 35.8 Å². The van der Waals surface area contributed by atoms with Crippen LogP contribution in [-0.2, 0) is 19.4 Å². The molecule has 1 aromatic heterocycles. The zero-order valence-corrected chi connectivity index (χ0v) is 19.3. The molecule has 3 heterocycles. The van der Waals surface area contributed by atoms with Gasteiger partial charge in [0.05, 0.1) is 17.3 Å². The van der Waals surface area contributed by atoms with Crippen LogP contribution in [0.4, 0.5) is 5.69 Å². The van der Waals surface area contributed by atoms with Crippen LogP contribution in [0.25, 0.3) is 10.8 Å². The van der Waals surface area contributed by atoms with E-state index in [-0.39, 0.29) is 0 Å². The van der Waals surface area contributed by atoms with Crippen LogP contribution in [0.5, 0.6) is 0 Å². The molecule has 2 aromatic carbocycles. The summed E-state index contributed by atoms with van der Waals surface area (Å²) in [5, 5.41) is 3.14. The van der Waals surface area contributed by atoms with Gasteiger partial charge in [-0.15, -0.1) is 0 Å². The fraction of sp³-hybridized carbons (Fsp3) is 0.462. The molecule has 3 aromatic rings. The van der Waals surface area contributed by atoms with Crippen LogP contribution in [0.2, 0.25) is 5.02 Å². The minimum atomic E-state index is 0.669. The molecule has 2 aliphatic rings. The Balaban J connectivity index is 1.39. The molecule has 0 saturated carbocycles. The Bertz CT molecular complexity index is 1090. The maximum Gasteiger partial charge on any atom is 0.129 e. The lowest BCUT2D eigenvalue weighted by molar-refractivity contribution is 0.176. The van der Waals surface area contributed by atoms with E-state index in [4.69, 9.17) is 21.6 Å². The summed E-state index contributed by atoms with van der Waals surface area (Å²) in [6.45, 7) is 5.16. The van der Waals surface area contributed by atoms with Gasteiger partial charge in [-0.3, -0.25) is 0 Å². The molecule has 162 valence electrons. The van der Waals surface area contributed by atoms with Crippen molar-refractivity contribution in [3.8, 4) is 0 Å². The summed E-state index contributed by atoms with van der Waals surface area (Å²) in [5.41, 5.74) is 4.89. The zero-order valence-electron chi connectivity index (χ0n) is 18.6. The number of benzene rings is 2. The standard InChI is InChI=1S/C26H31ClN4/c1-18-21-14-16-31(24-11-6-8-19-7-5-10-22(27)26(19)24)17-23(21)29-25(28-18)13-12-20-9-3-4-15-30(20)2/h5-8,10-11,20H,3-4,9,12-17H2,1-2H3. The molecule has 4 nitrogen and oxygen atoms in total. The average Bonchev–Trinajstić information content (AvgIpc) is 2.78. The first-order valence-corrected chi connectivity index (χ1v) is 12.0. The van der Waals surface area contributed by atoms with E-state index >= 15 is 0 Å². The molecule has 1 saturated heterocycles. The van der Waals surface area contributed by atoms with Crippen molar-refractivity contribution >= 4 is 28.1 Å². The topological polar surface area (TPSA) is 32.3 Å². The van der Waals surface area contributed by atoms with Crippen molar-refractivity contribution in [2.75, 3.05) is 25.0 Å². The van der Waals surface area contributed by atoms with Crippen molar-refractivity contribution in [2.24, 2.45) is 0 Å². The second-order valence-corrected chi connectivity index (χ2v) is 9.51. The van der Waals surface area contributed by atoms with Crippen LogP contribution >= 0.6 is 11.6 Å². The fourth-order valence-electron chi connectivity index (χ4n) is 5.34. The minimum Gasteiger partial charge on any atom is -0.365 e. The van der Waals surface area contributed by atoms with E-state index in [9.17, 15) is 0 Å². The highest BCUT2D eigenvalue weighted by Crippen LogP contribution is 2.35. The molecule has 1 atom stereocenters. The normalized spacial score (nSPS) is 19.6. The predicted molar refractivity (Wildman–Crippen MR) is 129 cm³/mol. The molecular weight excluding hydrogens is 404 g/mol. The van der Waals surface area contributed by atoms with Crippen LogP contribution in [0.15, 0.2) is 36.4 Å². The number of hydrogen-bond acceptors (Lipinski definition) is 4. The number of hydrogen-bond donors (Lipinski definition) is 0. The van der Waals surface area contributed by atoms with E-state index in [1.165, 1.54) is 48.1 Å². The van der Waals surface area contributed by atoms with Crippen LogP contribution in [0, 0.1) is 6.92 Å². The van der Waals surface area contributed by atoms with Gasteiger partial charge in [-0.2, -0.15) is 0 Å². The van der Waals surface area contributed by atoms with Crippen molar-refractivity contribution in [1.29, 1.82) is 0 Å². The largest absolute Gasteiger partial charge is 0.365 e. The monoisotopic (exact) mass is 434 g/mol. The summed E-state index contributed by atoms with van der Waals surface area (Å²) in [6.07, 6.45) is 7.07. The lowest BCUT2D eigenvalue weighted by atomic mass is 9.98. The first kappa shape index (κ1) is 20.7. The summed E-state index contributed by atoms with van der Waals surface area (Å²) >= 11 is 6.60. The van der Waals surface area contributed by atoms with Gasteiger partial charge < -0.3 is 9.80 Å². The maximum atomic E-state index is 6.60. The molecule has 0 bridgehead atoms. The number of aryl methyl sites for hydroxylation is 2. The average molecular weight is 435 g/mol. The number of halogens is 1. The van der Waals surface area contributed by atoms with Gasteiger partial charge in [0.25, 0.3) is 0 Å². The van der Waals surface area contributed by atoms with Crippen molar-refractivity contribution in [2.45, 2.75) is 58.0 Å². The molecule has 0 aliphatic carbocycles. The number of aromatic nitrogens is 2. The molecule has 0 N–H and O–H groups in total. The minimum absolute atomic E-state index is 0.669. The number of piperidine rings is 1. The highest BCUT2D eigenvalue weighted by atomic mass is 35.5. The van der Waals surface area contributed by atoms with E-state index in [1.54, 1.807) is 0 Å². The third-order valence-electron chi connectivity index (χ3n) is 7.11. The van der Waals surface area contributed by atoms with Gasteiger partial charge in [-0.25, -0.2) is 9.97 Å². The number of rotatable bonds is 4. The quantitative estimate of drug-likeness (QED) is 0.537. The summed E-state index contributed by atoms with van der Waals surface area (Å²) in [6, 6.07) is 13.3. The molecule has 31 heavy (non-hydrogen) atoms. The first-order chi connectivity index (χ1) is 15.1. The second kappa shape index (κ2) is 8.76. The second-order valence-electron chi connectivity index (χ2n) is 9.11. The number of fused-ring (bicyclic) bond motifs is 2. The van der Waals surface area contributed by atoms with Crippen LogP contribution in [0.1, 0.15) is 48.5 Å². The van der Waals surface area contributed by atoms with Gasteiger partial charge in [0.15, 0.2) is 0 Å². The van der Waals surface area contributed by atoms with Crippen LogP contribution in [0.3, 0.4) is 0 Å². The summed E-state index contributed by atoms with van der Waals surface area (Å²) in [4.78, 5) is 14.9. The highest BCUT2D eigenvalue weighted by Gasteiger charge is 2.24. The Morgan fingerprint density at radius 1 is 1.06 bits per heavy atom. The van der Waals surface area contributed by atoms with Crippen molar-refractivity contribution in [3.05, 3.63) is 64.2 Å². The maximum absolute atomic E-state index is 6.60. The zero-order chi connectivity index (χ0) is 21.4. The van der Waals surface area contributed by atoms with Gasteiger partial charge in [-0.05, 0) is 69.3 Å². The molecule has 2 aliphatic heterocycles. The van der Waals surface area contributed by atoms with Crippen molar-refractivity contribution < 1.29 is 0 Å². The SMILES string of the molecule is Cc1nc(CCC2CCCCN2C)nc2c1CCN(c1cccc3cccc(Cl)c13)C2. The molecule has 1 unspecified atom stereocenters. The third kappa shape index (κ3) is 4.16. The van der Waals surface area contributed by atoms with E-state index in [2.05, 4.69) is 48.0 Å². The van der Waals surface area contributed by atoms with Crippen molar-refractivity contribution in [1.82, 2.24) is 14.9 Å². The van der Waals surface area contributed by atoms with Gasteiger partial charge >= 0.3 is 0 Å². The fourth-order valence-corrected chi connectivity index (χ4v) is 5.62. The molecule has 0 spiro atoms. The lowest BCUT2D eigenvalue weighted by Gasteiger charge is -2.33. The smallest absolute Gasteiger partial charge is 0.129 e. The predicted octanol–water partition coefficient (Wildman–Crippen LogP) is 5.57. The van der Waals surface area contributed by atoms with E-state index < -0.39 is 0 Å². The van der Waals surface area contributed by atoms with E-state index in [0.717, 1.165) is 54.3 Å². The lowest BCUT2D eigenvalue weighted by Crippen LogP contribution is -2.36. The number of likely N-dealkylation sites (tertiary alicyclic amines) is 1. The van der Waals surface area contributed by atoms with Gasteiger partial charge in [-0.1, -0.05) is 42.3 Å². The Morgan fingerprint density at radius 2 is 1.90 bits per heavy atom. The first-order valence-electron chi connectivity index (χ1n) is 11.6. The van der Waals surface area contributed by atoms with Crippen LogP contribution < -0.4 is 4.90 Å². The number of anilines is 1. The molecule has 1 fully saturated rings. The Kier molecular flexibility index (Phi) is 5.85.